The Morgan fingerprint density at radius 1 is 0.750 bits per heavy atom. The molecule has 0 atom stereocenters. The Bertz CT molecular complexity index is 17.2. The van der Waals surface area contributed by atoms with E-state index >= 15 is 0 Å². The van der Waals surface area contributed by atoms with Crippen LogP contribution in [-0.4, -0.2) is 23.4 Å². The van der Waals surface area contributed by atoms with Crippen LogP contribution in [0.15, 0.2) is 0 Å². The molecule has 0 amide bonds. The third kappa shape index (κ3) is 42.5. The second-order valence-electron chi connectivity index (χ2n) is 0.447. The van der Waals surface area contributed by atoms with Gasteiger partial charge in [0.25, 0.3) is 0 Å². The molecule has 6 heteroatoms. The first-order chi connectivity index (χ1) is 1.91. The molecule has 0 radical (unpaired) electrons. The van der Waals surface area contributed by atoms with Crippen LogP contribution < -0.4 is 50.9 Å². The van der Waals surface area contributed by atoms with E-state index in [0.29, 0.717) is 0 Å². The molecule has 0 aliphatic carbocycles. The SMILES string of the molecule is OCCO.[Br-].[Br-].[Br-].[Nb+3]. The van der Waals surface area contributed by atoms with Crippen LogP contribution in [0.25, 0.3) is 0 Å². The monoisotopic (exact) mass is 392 g/mol. The molecule has 0 unspecified atom stereocenters. The van der Waals surface area contributed by atoms with Crippen molar-refractivity contribution in [3.63, 3.8) is 0 Å². The Labute approximate surface area is 95.9 Å². The molecule has 8 heavy (non-hydrogen) atoms. The fraction of sp³-hybridized carbons (Fsp3) is 1.00. The second kappa shape index (κ2) is 35.5. The van der Waals surface area contributed by atoms with Crippen LogP contribution in [0, 0.1) is 0 Å². The number of hydrogen-bond acceptors (Lipinski definition) is 2. The van der Waals surface area contributed by atoms with Crippen LogP contribution in [-0.2, 0) is 22.4 Å². The number of aliphatic hydroxyl groups is 2. The minimum Gasteiger partial charge on any atom is -1.00 e. The molecular formula is C2H6Br3NbO2. The number of halogens is 3. The van der Waals surface area contributed by atoms with E-state index in [9.17, 15) is 0 Å². The minimum atomic E-state index is -0.125. The summed E-state index contributed by atoms with van der Waals surface area (Å²) in [6.07, 6.45) is 0. The van der Waals surface area contributed by atoms with Gasteiger partial charge in [-0.25, -0.2) is 0 Å². The quantitative estimate of drug-likeness (QED) is 0.434. The van der Waals surface area contributed by atoms with E-state index < -0.39 is 0 Å². The maximum absolute atomic E-state index is 7.62. The smallest absolute Gasteiger partial charge is 1.00 e. The summed E-state index contributed by atoms with van der Waals surface area (Å²) in [6.45, 7) is -0.250. The summed E-state index contributed by atoms with van der Waals surface area (Å²) in [5.41, 5.74) is 0. The van der Waals surface area contributed by atoms with Gasteiger partial charge in [0.15, 0.2) is 0 Å². The van der Waals surface area contributed by atoms with E-state index in [1.807, 2.05) is 0 Å². The minimum absolute atomic E-state index is 0. The first kappa shape index (κ1) is 32.2. The molecule has 0 fully saturated rings. The van der Waals surface area contributed by atoms with Crippen molar-refractivity contribution in [2.24, 2.45) is 0 Å². The van der Waals surface area contributed by atoms with Gasteiger partial charge in [-0.2, -0.15) is 0 Å². The molecule has 0 spiro atoms. The summed E-state index contributed by atoms with van der Waals surface area (Å²) in [7, 11) is 0. The summed E-state index contributed by atoms with van der Waals surface area (Å²) >= 11 is 0. The Kier molecular flexibility index (Phi) is 143. The van der Waals surface area contributed by atoms with E-state index in [0.717, 1.165) is 0 Å². The Hall–Kier alpha value is 2.10. The Balaban J connectivity index is -0.00000000750. The zero-order valence-corrected chi connectivity index (χ0v) is 10.8. The first-order valence-corrected chi connectivity index (χ1v) is 1.13. The fourth-order valence-corrected chi connectivity index (χ4v) is 0. The maximum Gasteiger partial charge on any atom is 3.00 e. The average molecular weight is 395 g/mol. The molecular weight excluding hydrogens is 389 g/mol. The molecule has 0 aromatic heterocycles. The van der Waals surface area contributed by atoms with Crippen molar-refractivity contribution >= 4 is 0 Å². The molecule has 0 aliphatic heterocycles. The topological polar surface area (TPSA) is 40.5 Å². The molecule has 0 heterocycles. The van der Waals surface area contributed by atoms with Gasteiger partial charge in [0, 0.05) is 0 Å². The molecule has 52 valence electrons. The average Bonchev–Trinajstić information content (AvgIpc) is 1.37. The summed E-state index contributed by atoms with van der Waals surface area (Å²) < 4.78 is 0. The molecule has 2 nitrogen and oxygen atoms in total. The third-order valence-electron chi connectivity index (χ3n) is 0.1000. The van der Waals surface area contributed by atoms with Crippen molar-refractivity contribution in [3.05, 3.63) is 0 Å². The summed E-state index contributed by atoms with van der Waals surface area (Å²) in [5, 5.41) is 15.2. The summed E-state index contributed by atoms with van der Waals surface area (Å²) in [5.74, 6) is 0. The van der Waals surface area contributed by atoms with E-state index in [1.165, 1.54) is 0 Å². The van der Waals surface area contributed by atoms with Crippen molar-refractivity contribution in [3.8, 4) is 0 Å². The largest absolute Gasteiger partial charge is 3.00 e. The van der Waals surface area contributed by atoms with Gasteiger partial charge in [-0.1, -0.05) is 0 Å². The van der Waals surface area contributed by atoms with Gasteiger partial charge in [-0.05, 0) is 0 Å². The van der Waals surface area contributed by atoms with Crippen LogP contribution in [0.4, 0.5) is 0 Å². The predicted molar refractivity (Wildman–Crippen MR) is 14.2 cm³/mol. The molecule has 2 N–H and O–H groups in total. The van der Waals surface area contributed by atoms with Gasteiger partial charge in [0.1, 0.15) is 0 Å². The zero-order chi connectivity index (χ0) is 3.41. The van der Waals surface area contributed by atoms with Crippen molar-refractivity contribution < 1.29 is 83.5 Å². The molecule has 0 saturated heterocycles. The fourth-order valence-electron chi connectivity index (χ4n) is 0. The van der Waals surface area contributed by atoms with Gasteiger partial charge in [0.05, 0.1) is 13.2 Å². The summed E-state index contributed by atoms with van der Waals surface area (Å²) in [6, 6.07) is 0. The van der Waals surface area contributed by atoms with Crippen LogP contribution in [0.2, 0.25) is 0 Å². The van der Waals surface area contributed by atoms with Crippen molar-refractivity contribution in [1.82, 2.24) is 0 Å². The Morgan fingerprint density at radius 2 is 0.875 bits per heavy atom. The molecule has 0 aliphatic rings. The zero-order valence-electron chi connectivity index (χ0n) is 3.89. The van der Waals surface area contributed by atoms with Gasteiger partial charge in [-0.15, -0.1) is 0 Å². The van der Waals surface area contributed by atoms with Crippen LogP contribution in [0.5, 0.6) is 0 Å². The second-order valence-corrected chi connectivity index (χ2v) is 0.447. The van der Waals surface area contributed by atoms with E-state index in [-0.39, 0.29) is 86.5 Å². The molecule has 0 aromatic rings. The first-order valence-electron chi connectivity index (χ1n) is 1.13. The van der Waals surface area contributed by atoms with Crippen molar-refractivity contribution in [2.75, 3.05) is 13.2 Å². The van der Waals surface area contributed by atoms with Gasteiger partial charge in [0.2, 0.25) is 0 Å². The van der Waals surface area contributed by atoms with Gasteiger partial charge in [-0.3, -0.25) is 0 Å². The normalized spacial score (nSPS) is 3.75. The van der Waals surface area contributed by atoms with Crippen molar-refractivity contribution in [2.45, 2.75) is 0 Å². The van der Waals surface area contributed by atoms with E-state index in [1.54, 1.807) is 0 Å². The van der Waals surface area contributed by atoms with Gasteiger partial charge >= 0.3 is 22.4 Å². The number of hydrogen-bond donors (Lipinski definition) is 2. The third-order valence-corrected chi connectivity index (χ3v) is 0.1000. The maximum atomic E-state index is 7.62. The van der Waals surface area contributed by atoms with Crippen LogP contribution in [0.3, 0.4) is 0 Å². The van der Waals surface area contributed by atoms with Crippen LogP contribution >= 0.6 is 0 Å². The molecule has 0 bridgehead atoms. The summed E-state index contributed by atoms with van der Waals surface area (Å²) in [4.78, 5) is 0. The van der Waals surface area contributed by atoms with Crippen molar-refractivity contribution in [1.29, 1.82) is 0 Å². The van der Waals surface area contributed by atoms with Crippen LogP contribution in [0.1, 0.15) is 0 Å². The number of rotatable bonds is 1. The molecule has 0 saturated carbocycles. The number of aliphatic hydroxyl groups excluding tert-OH is 2. The molecule has 0 aromatic carbocycles. The van der Waals surface area contributed by atoms with Gasteiger partial charge < -0.3 is 61.2 Å². The van der Waals surface area contributed by atoms with E-state index in [2.05, 4.69) is 0 Å². The standard InChI is InChI=1S/C2H6O2.3BrH.Nb/c3-1-2-4;;;;/h3-4H,1-2H2;3*1H;/q;;;;+3/p-3. The Morgan fingerprint density at radius 3 is 0.875 bits per heavy atom. The van der Waals surface area contributed by atoms with E-state index in [4.69, 9.17) is 10.2 Å². The predicted octanol–water partition coefficient (Wildman–Crippen LogP) is -10.0. The molecule has 0 rings (SSSR count).